The lowest BCUT2D eigenvalue weighted by molar-refractivity contribution is -0.122. The van der Waals surface area contributed by atoms with Gasteiger partial charge < -0.3 is 20.1 Å². The number of amides is 1. The minimum Gasteiger partial charge on any atom is -0.492 e. The molecule has 1 amide bonds. The molecule has 24 heavy (non-hydrogen) atoms. The molecule has 1 fully saturated rings. The highest BCUT2D eigenvalue weighted by atomic mass is 35.5. The molecule has 0 saturated carbocycles. The van der Waals surface area contributed by atoms with E-state index >= 15 is 0 Å². The third kappa shape index (κ3) is 5.37. The van der Waals surface area contributed by atoms with Gasteiger partial charge in [0.2, 0.25) is 5.91 Å². The monoisotopic (exact) mass is 350 g/mol. The first kappa shape index (κ1) is 18.5. The molecule has 1 unspecified atom stereocenters. The van der Waals surface area contributed by atoms with Crippen LogP contribution in [0.3, 0.4) is 0 Å². The number of fused-ring (bicyclic) bond motifs is 1. The summed E-state index contributed by atoms with van der Waals surface area (Å²) >= 11 is 0. The van der Waals surface area contributed by atoms with Crippen LogP contribution in [-0.4, -0.2) is 44.9 Å². The lowest BCUT2D eigenvalue weighted by atomic mass is 10.1. The standard InChI is InChI=1S/C18H22N2O3.ClH/c21-18(12-16-13-22-9-7-19-16)20-8-10-23-17-6-5-14-3-1-2-4-15(14)11-17;/h1-6,11,16,19H,7-10,12-13H2,(H,20,21);1H. The first-order valence-corrected chi connectivity index (χ1v) is 8.01. The summed E-state index contributed by atoms with van der Waals surface area (Å²) in [6, 6.07) is 14.3. The van der Waals surface area contributed by atoms with Gasteiger partial charge in [0.05, 0.1) is 19.8 Å². The van der Waals surface area contributed by atoms with Crippen molar-refractivity contribution in [3.63, 3.8) is 0 Å². The summed E-state index contributed by atoms with van der Waals surface area (Å²) < 4.78 is 11.0. The number of ether oxygens (including phenoxy) is 2. The van der Waals surface area contributed by atoms with E-state index in [4.69, 9.17) is 9.47 Å². The molecule has 2 N–H and O–H groups in total. The van der Waals surface area contributed by atoms with Crippen LogP contribution in [0.1, 0.15) is 6.42 Å². The quantitative estimate of drug-likeness (QED) is 0.784. The molecular weight excluding hydrogens is 328 g/mol. The lowest BCUT2D eigenvalue weighted by Crippen LogP contribution is -2.44. The van der Waals surface area contributed by atoms with Gasteiger partial charge in [-0.1, -0.05) is 30.3 Å². The summed E-state index contributed by atoms with van der Waals surface area (Å²) in [5.41, 5.74) is 0. The Hall–Kier alpha value is -1.82. The number of rotatable bonds is 6. The van der Waals surface area contributed by atoms with Gasteiger partial charge in [-0.2, -0.15) is 0 Å². The van der Waals surface area contributed by atoms with Crippen LogP contribution >= 0.6 is 12.4 Å². The lowest BCUT2D eigenvalue weighted by Gasteiger charge is -2.23. The van der Waals surface area contributed by atoms with E-state index < -0.39 is 0 Å². The van der Waals surface area contributed by atoms with Crippen LogP contribution in [-0.2, 0) is 9.53 Å². The number of hydrogen-bond donors (Lipinski definition) is 2. The molecule has 0 spiro atoms. The molecule has 1 saturated heterocycles. The maximum Gasteiger partial charge on any atom is 0.221 e. The highest BCUT2D eigenvalue weighted by molar-refractivity contribution is 5.85. The number of morpholine rings is 1. The average Bonchev–Trinajstić information content (AvgIpc) is 2.59. The van der Waals surface area contributed by atoms with E-state index in [1.165, 1.54) is 5.39 Å². The Bertz CT molecular complexity index is 660. The Morgan fingerprint density at radius 3 is 2.88 bits per heavy atom. The van der Waals surface area contributed by atoms with Crippen molar-refractivity contribution in [3.05, 3.63) is 42.5 Å². The number of carbonyl (C=O) groups excluding carboxylic acids is 1. The predicted molar refractivity (Wildman–Crippen MR) is 96.9 cm³/mol. The predicted octanol–water partition coefficient (Wildman–Crippen LogP) is 2.14. The topological polar surface area (TPSA) is 59.6 Å². The smallest absolute Gasteiger partial charge is 0.221 e. The van der Waals surface area contributed by atoms with Gasteiger partial charge >= 0.3 is 0 Å². The number of carbonyl (C=O) groups is 1. The number of nitrogens with one attached hydrogen (secondary N) is 2. The van der Waals surface area contributed by atoms with Gasteiger partial charge in [0, 0.05) is 19.0 Å². The zero-order chi connectivity index (χ0) is 15.9. The molecule has 2 aromatic carbocycles. The molecule has 6 heteroatoms. The normalized spacial score (nSPS) is 17.1. The first-order valence-electron chi connectivity index (χ1n) is 8.01. The Balaban J connectivity index is 0.00000208. The molecule has 130 valence electrons. The molecule has 0 aromatic heterocycles. The van der Waals surface area contributed by atoms with Gasteiger partial charge in [-0.15, -0.1) is 12.4 Å². The van der Waals surface area contributed by atoms with Crippen LogP contribution in [0.15, 0.2) is 42.5 Å². The number of benzene rings is 2. The summed E-state index contributed by atoms with van der Waals surface area (Å²) in [5.74, 6) is 0.843. The van der Waals surface area contributed by atoms with E-state index in [1.54, 1.807) is 0 Å². The Morgan fingerprint density at radius 1 is 1.25 bits per heavy atom. The zero-order valence-electron chi connectivity index (χ0n) is 13.5. The fourth-order valence-corrected chi connectivity index (χ4v) is 2.66. The largest absolute Gasteiger partial charge is 0.492 e. The Labute approximate surface area is 148 Å². The third-order valence-electron chi connectivity index (χ3n) is 3.84. The van der Waals surface area contributed by atoms with Crippen molar-refractivity contribution in [1.29, 1.82) is 0 Å². The van der Waals surface area contributed by atoms with Crippen LogP contribution in [0.4, 0.5) is 0 Å². The SMILES string of the molecule is Cl.O=C(CC1COCCN1)NCCOc1ccc2ccccc2c1. The molecule has 1 aliphatic rings. The zero-order valence-corrected chi connectivity index (χ0v) is 14.3. The van der Waals surface area contributed by atoms with E-state index in [0.29, 0.717) is 26.2 Å². The summed E-state index contributed by atoms with van der Waals surface area (Å²) in [6.45, 7) is 3.08. The van der Waals surface area contributed by atoms with Gasteiger partial charge in [0.1, 0.15) is 12.4 Å². The highest BCUT2D eigenvalue weighted by Gasteiger charge is 2.16. The Morgan fingerprint density at radius 2 is 2.08 bits per heavy atom. The van der Waals surface area contributed by atoms with Crippen molar-refractivity contribution < 1.29 is 14.3 Å². The van der Waals surface area contributed by atoms with Crippen molar-refractivity contribution >= 4 is 29.1 Å². The molecule has 0 bridgehead atoms. The fraction of sp³-hybridized carbons (Fsp3) is 0.389. The van der Waals surface area contributed by atoms with Gasteiger partial charge in [-0.3, -0.25) is 4.79 Å². The third-order valence-corrected chi connectivity index (χ3v) is 3.84. The van der Waals surface area contributed by atoms with Crippen molar-refractivity contribution in [1.82, 2.24) is 10.6 Å². The molecule has 1 heterocycles. The molecule has 3 rings (SSSR count). The minimum absolute atomic E-state index is 0. The number of halogens is 1. The second-order valence-corrected chi connectivity index (χ2v) is 5.64. The van der Waals surface area contributed by atoms with Crippen LogP contribution < -0.4 is 15.4 Å². The number of hydrogen-bond acceptors (Lipinski definition) is 4. The molecule has 0 radical (unpaired) electrons. The van der Waals surface area contributed by atoms with E-state index in [-0.39, 0.29) is 24.4 Å². The average molecular weight is 351 g/mol. The summed E-state index contributed by atoms with van der Waals surface area (Å²) in [4.78, 5) is 11.8. The highest BCUT2D eigenvalue weighted by Crippen LogP contribution is 2.20. The van der Waals surface area contributed by atoms with Crippen LogP contribution in [0.5, 0.6) is 5.75 Å². The summed E-state index contributed by atoms with van der Waals surface area (Å²) in [7, 11) is 0. The van der Waals surface area contributed by atoms with E-state index in [1.807, 2.05) is 30.3 Å². The molecule has 1 atom stereocenters. The first-order chi connectivity index (χ1) is 11.3. The minimum atomic E-state index is 0. The van der Waals surface area contributed by atoms with Crippen LogP contribution in [0, 0.1) is 0 Å². The molecule has 1 aliphatic heterocycles. The van der Waals surface area contributed by atoms with Gasteiger partial charge in [-0.25, -0.2) is 0 Å². The van der Waals surface area contributed by atoms with Crippen molar-refractivity contribution in [2.45, 2.75) is 12.5 Å². The van der Waals surface area contributed by atoms with Crippen molar-refractivity contribution in [3.8, 4) is 5.75 Å². The second-order valence-electron chi connectivity index (χ2n) is 5.64. The molecule has 2 aromatic rings. The van der Waals surface area contributed by atoms with E-state index in [9.17, 15) is 4.79 Å². The maximum absolute atomic E-state index is 11.8. The molecular formula is C18H23ClN2O3. The van der Waals surface area contributed by atoms with Crippen LogP contribution in [0.25, 0.3) is 10.8 Å². The van der Waals surface area contributed by atoms with Crippen molar-refractivity contribution in [2.24, 2.45) is 0 Å². The summed E-state index contributed by atoms with van der Waals surface area (Å²) in [6.07, 6.45) is 0.440. The molecule has 5 nitrogen and oxygen atoms in total. The van der Waals surface area contributed by atoms with Crippen molar-refractivity contribution in [2.75, 3.05) is 32.9 Å². The maximum atomic E-state index is 11.8. The molecule has 0 aliphatic carbocycles. The van der Waals surface area contributed by atoms with Gasteiger partial charge in [0.15, 0.2) is 0 Å². The van der Waals surface area contributed by atoms with Gasteiger partial charge in [-0.05, 0) is 22.9 Å². The van der Waals surface area contributed by atoms with E-state index in [2.05, 4.69) is 22.8 Å². The Kier molecular flexibility index (Phi) is 7.31. The fourth-order valence-electron chi connectivity index (χ4n) is 2.66. The summed E-state index contributed by atoms with van der Waals surface area (Å²) in [5, 5.41) is 8.48. The van der Waals surface area contributed by atoms with E-state index in [0.717, 1.165) is 24.3 Å². The van der Waals surface area contributed by atoms with Gasteiger partial charge in [0.25, 0.3) is 0 Å². The van der Waals surface area contributed by atoms with Crippen LogP contribution in [0.2, 0.25) is 0 Å². The second kappa shape index (κ2) is 9.47.